The summed E-state index contributed by atoms with van der Waals surface area (Å²) in [5, 5.41) is 7.87. The molecule has 2 aromatic heterocycles. The van der Waals surface area contributed by atoms with E-state index < -0.39 is 6.04 Å². The van der Waals surface area contributed by atoms with Crippen molar-refractivity contribution < 1.29 is 13.9 Å². The summed E-state index contributed by atoms with van der Waals surface area (Å²) in [7, 11) is 1.58. The third-order valence-electron chi connectivity index (χ3n) is 6.83. The second-order valence-electron chi connectivity index (χ2n) is 9.19. The molecular formula is C30H26FN5O2. The molecule has 1 atom stereocenters. The molecule has 1 N–H and O–H groups in total. The first kappa shape index (κ1) is 23.5. The van der Waals surface area contributed by atoms with E-state index in [2.05, 4.69) is 9.88 Å². The van der Waals surface area contributed by atoms with Crippen LogP contribution in [0.2, 0.25) is 0 Å². The monoisotopic (exact) mass is 507 g/mol. The topological polar surface area (TPSA) is 64.3 Å². The van der Waals surface area contributed by atoms with Crippen LogP contribution in [0.3, 0.4) is 0 Å². The van der Waals surface area contributed by atoms with Gasteiger partial charge in [-0.3, -0.25) is 0 Å². The predicted octanol–water partition coefficient (Wildman–Crippen LogP) is 6.26. The largest absolute Gasteiger partial charge is 0.497 e. The van der Waals surface area contributed by atoms with Crippen LogP contribution in [0.4, 0.5) is 14.9 Å². The summed E-state index contributed by atoms with van der Waals surface area (Å²) >= 11 is 0. The van der Waals surface area contributed by atoms with Crippen LogP contribution < -0.4 is 10.1 Å². The van der Waals surface area contributed by atoms with Crippen LogP contribution in [0.1, 0.15) is 28.6 Å². The predicted molar refractivity (Wildman–Crippen MR) is 143 cm³/mol. The molecule has 0 saturated heterocycles. The van der Waals surface area contributed by atoms with Gasteiger partial charge in [0.15, 0.2) is 0 Å². The van der Waals surface area contributed by atoms with E-state index >= 15 is 0 Å². The first-order valence-corrected chi connectivity index (χ1v) is 12.3. The van der Waals surface area contributed by atoms with E-state index in [9.17, 15) is 9.18 Å². The highest BCUT2D eigenvalue weighted by Gasteiger charge is 2.36. The molecule has 0 bridgehead atoms. The van der Waals surface area contributed by atoms with Crippen molar-refractivity contribution >= 4 is 11.7 Å². The van der Waals surface area contributed by atoms with E-state index in [1.807, 2.05) is 84.5 Å². The summed E-state index contributed by atoms with van der Waals surface area (Å²) in [6.07, 6.45) is 1.96. The SMILES string of the molecule is COc1cccc(NC(=O)N2Cc3c(C)nn(-c4ccccc4)c3-n3cccc3C2c2cccc(F)c2)c1. The molecule has 8 heteroatoms. The number of ether oxygens (including phenoxy) is 1. The number of aryl methyl sites for hydroxylation is 1. The number of urea groups is 1. The van der Waals surface area contributed by atoms with Gasteiger partial charge in [-0.05, 0) is 61.0 Å². The van der Waals surface area contributed by atoms with Crippen LogP contribution >= 0.6 is 0 Å². The highest BCUT2D eigenvalue weighted by atomic mass is 19.1. The van der Waals surface area contributed by atoms with Crippen molar-refractivity contribution in [3.8, 4) is 17.3 Å². The van der Waals surface area contributed by atoms with E-state index in [4.69, 9.17) is 9.84 Å². The Morgan fingerprint density at radius 3 is 2.61 bits per heavy atom. The second-order valence-corrected chi connectivity index (χ2v) is 9.19. The van der Waals surface area contributed by atoms with Crippen molar-refractivity contribution in [2.24, 2.45) is 0 Å². The molecule has 5 aromatic rings. The Morgan fingerprint density at radius 2 is 1.82 bits per heavy atom. The van der Waals surface area contributed by atoms with Gasteiger partial charge >= 0.3 is 6.03 Å². The van der Waals surface area contributed by atoms with Gasteiger partial charge in [0.25, 0.3) is 0 Å². The normalized spacial score (nSPS) is 14.4. The average Bonchev–Trinajstić information content (AvgIpc) is 3.49. The number of rotatable bonds is 4. The maximum Gasteiger partial charge on any atom is 0.322 e. The lowest BCUT2D eigenvalue weighted by Crippen LogP contribution is -2.38. The minimum Gasteiger partial charge on any atom is -0.497 e. The van der Waals surface area contributed by atoms with E-state index in [1.54, 1.807) is 24.1 Å². The molecule has 0 fully saturated rings. The molecule has 1 unspecified atom stereocenters. The van der Waals surface area contributed by atoms with E-state index in [0.29, 0.717) is 17.0 Å². The first-order chi connectivity index (χ1) is 18.5. The van der Waals surface area contributed by atoms with Crippen LogP contribution in [-0.4, -0.2) is 32.4 Å². The lowest BCUT2D eigenvalue weighted by atomic mass is 10.0. The average molecular weight is 508 g/mol. The Labute approximate surface area is 219 Å². The van der Waals surface area contributed by atoms with Crippen LogP contribution in [0, 0.1) is 12.7 Å². The van der Waals surface area contributed by atoms with Crippen LogP contribution in [0.25, 0.3) is 11.5 Å². The molecule has 0 spiro atoms. The van der Waals surface area contributed by atoms with Gasteiger partial charge < -0.3 is 19.5 Å². The molecule has 190 valence electrons. The lowest BCUT2D eigenvalue weighted by Gasteiger charge is -2.31. The van der Waals surface area contributed by atoms with E-state index in [0.717, 1.165) is 28.5 Å². The zero-order chi connectivity index (χ0) is 26.2. The Hall–Kier alpha value is -4.85. The zero-order valence-electron chi connectivity index (χ0n) is 21.0. The fraction of sp³-hybridized carbons (Fsp3) is 0.133. The molecule has 1 aliphatic heterocycles. The number of benzene rings is 3. The van der Waals surface area contributed by atoms with Gasteiger partial charge in [-0.1, -0.05) is 36.4 Å². The highest BCUT2D eigenvalue weighted by Crippen LogP contribution is 2.39. The highest BCUT2D eigenvalue weighted by molar-refractivity contribution is 5.90. The number of nitrogens with zero attached hydrogens (tertiary/aromatic N) is 4. The molecule has 3 heterocycles. The Bertz CT molecular complexity index is 1620. The quantitative estimate of drug-likeness (QED) is 0.312. The van der Waals surface area contributed by atoms with Crippen LogP contribution in [0.5, 0.6) is 5.75 Å². The molecule has 1 aliphatic rings. The number of hydrogen-bond donors (Lipinski definition) is 1. The van der Waals surface area contributed by atoms with Gasteiger partial charge in [-0.2, -0.15) is 5.10 Å². The molecule has 3 aromatic carbocycles. The molecule has 38 heavy (non-hydrogen) atoms. The molecule has 0 aliphatic carbocycles. The molecule has 0 saturated carbocycles. The Kier molecular flexibility index (Phi) is 5.92. The summed E-state index contributed by atoms with van der Waals surface area (Å²) in [5.41, 5.74) is 4.73. The number of para-hydroxylation sites is 1. The van der Waals surface area contributed by atoms with Gasteiger partial charge in [0.05, 0.1) is 36.8 Å². The zero-order valence-corrected chi connectivity index (χ0v) is 21.0. The number of halogens is 1. The van der Waals surface area contributed by atoms with Crippen molar-refractivity contribution in [2.75, 3.05) is 12.4 Å². The summed E-state index contributed by atoms with van der Waals surface area (Å²) in [5.74, 6) is 1.13. The van der Waals surface area contributed by atoms with Gasteiger partial charge in [-0.15, -0.1) is 0 Å². The number of fused-ring (bicyclic) bond motifs is 3. The Morgan fingerprint density at radius 1 is 1.00 bits per heavy atom. The number of hydrogen-bond acceptors (Lipinski definition) is 3. The second kappa shape index (κ2) is 9.55. The summed E-state index contributed by atoms with van der Waals surface area (Å²) < 4.78 is 23.8. The van der Waals surface area contributed by atoms with E-state index in [1.165, 1.54) is 12.1 Å². The number of carbonyl (C=O) groups is 1. The van der Waals surface area contributed by atoms with Crippen LogP contribution in [-0.2, 0) is 6.54 Å². The molecule has 6 rings (SSSR count). The number of amides is 2. The number of methoxy groups -OCH3 is 1. The van der Waals surface area contributed by atoms with Crippen molar-refractivity contribution in [2.45, 2.75) is 19.5 Å². The van der Waals surface area contributed by atoms with Gasteiger partial charge in [0, 0.05) is 23.5 Å². The molecule has 2 amide bonds. The van der Waals surface area contributed by atoms with Crippen molar-refractivity contribution in [3.63, 3.8) is 0 Å². The van der Waals surface area contributed by atoms with Crippen molar-refractivity contribution in [3.05, 3.63) is 126 Å². The number of nitrogens with one attached hydrogen (secondary N) is 1. The number of aromatic nitrogens is 3. The first-order valence-electron chi connectivity index (χ1n) is 12.3. The van der Waals surface area contributed by atoms with Gasteiger partial charge in [0.1, 0.15) is 17.4 Å². The molecular weight excluding hydrogens is 481 g/mol. The Balaban J connectivity index is 1.52. The maximum absolute atomic E-state index is 14.5. The van der Waals surface area contributed by atoms with Crippen LogP contribution in [0.15, 0.2) is 97.2 Å². The standard InChI is InChI=1S/C30H26FN5O2/c1-20-26-19-35(30(37)32-23-11-7-14-25(18-23)38-2)28(21-9-6-10-22(31)17-21)27-15-8-16-34(27)29(26)36(33-20)24-12-4-3-5-13-24/h3-18,28H,19H2,1-2H3,(H,32,37). The fourth-order valence-electron chi connectivity index (χ4n) is 5.07. The van der Waals surface area contributed by atoms with Crippen molar-refractivity contribution in [1.82, 2.24) is 19.2 Å². The van der Waals surface area contributed by atoms with E-state index in [-0.39, 0.29) is 18.4 Å². The molecule has 7 nitrogen and oxygen atoms in total. The summed E-state index contributed by atoms with van der Waals surface area (Å²) in [4.78, 5) is 15.7. The smallest absolute Gasteiger partial charge is 0.322 e. The number of anilines is 1. The van der Waals surface area contributed by atoms with Gasteiger partial charge in [0.2, 0.25) is 0 Å². The summed E-state index contributed by atoms with van der Waals surface area (Å²) in [6, 6.07) is 26.5. The van der Waals surface area contributed by atoms with Crippen molar-refractivity contribution in [1.29, 1.82) is 0 Å². The lowest BCUT2D eigenvalue weighted by molar-refractivity contribution is 0.194. The van der Waals surface area contributed by atoms with Gasteiger partial charge in [-0.25, -0.2) is 13.9 Å². The number of carbonyl (C=O) groups excluding carboxylic acids is 1. The minimum atomic E-state index is -0.553. The minimum absolute atomic E-state index is 0.270. The third-order valence-corrected chi connectivity index (χ3v) is 6.83. The third kappa shape index (κ3) is 4.10. The maximum atomic E-state index is 14.5. The fourth-order valence-corrected chi connectivity index (χ4v) is 5.07. The molecule has 0 radical (unpaired) electrons. The summed E-state index contributed by atoms with van der Waals surface area (Å²) in [6.45, 7) is 2.22.